The van der Waals surface area contributed by atoms with Gasteiger partial charge in [0.05, 0.1) is 22.5 Å². The second-order valence-electron chi connectivity index (χ2n) is 4.71. The smallest absolute Gasteiger partial charge is 0.175 e. The minimum absolute atomic E-state index is 0.286. The Hall–Kier alpha value is -1.37. The van der Waals surface area contributed by atoms with Crippen LogP contribution in [0.15, 0.2) is 51.8 Å². The van der Waals surface area contributed by atoms with Gasteiger partial charge in [0.25, 0.3) is 0 Å². The second kappa shape index (κ2) is 6.17. The van der Waals surface area contributed by atoms with E-state index >= 15 is 0 Å². The van der Waals surface area contributed by atoms with Crippen LogP contribution in [-0.2, 0) is 9.84 Å². The molecule has 0 saturated carbocycles. The normalized spacial score (nSPS) is 13.0. The minimum Gasteiger partial charge on any atom is -0.496 e. The fraction of sp³-hybridized carbons (Fsp3) is 0.200. The molecule has 0 saturated heterocycles. The summed E-state index contributed by atoms with van der Waals surface area (Å²) in [6.07, 6.45) is 1.18. The molecule has 0 bridgehead atoms. The topological polar surface area (TPSA) is 69.4 Å². The van der Waals surface area contributed by atoms with E-state index in [0.717, 1.165) is 21.3 Å². The first-order valence-corrected chi connectivity index (χ1v) is 8.90. The Morgan fingerprint density at radius 2 is 1.67 bits per heavy atom. The first-order chi connectivity index (χ1) is 9.82. The van der Waals surface area contributed by atoms with Crippen LogP contribution in [0.2, 0.25) is 0 Å². The van der Waals surface area contributed by atoms with Crippen LogP contribution in [0.3, 0.4) is 0 Å². The van der Waals surface area contributed by atoms with Gasteiger partial charge in [-0.25, -0.2) is 8.42 Å². The average Bonchev–Trinajstić information content (AvgIpc) is 2.45. The molecule has 0 aliphatic heterocycles. The molecule has 112 valence electrons. The molecule has 0 amide bonds. The minimum atomic E-state index is -3.19. The Bertz CT molecular complexity index is 742. The highest BCUT2D eigenvalue weighted by atomic mass is 79.9. The number of methoxy groups -OCH3 is 1. The van der Waals surface area contributed by atoms with E-state index < -0.39 is 9.84 Å². The van der Waals surface area contributed by atoms with E-state index in [2.05, 4.69) is 15.9 Å². The molecule has 0 fully saturated rings. The predicted molar refractivity (Wildman–Crippen MR) is 86.3 cm³/mol. The third-order valence-electron chi connectivity index (χ3n) is 3.20. The maximum atomic E-state index is 11.4. The van der Waals surface area contributed by atoms with Crippen molar-refractivity contribution in [3.63, 3.8) is 0 Å². The van der Waals surface area contributed by atoms with Gasteiger partial charge in [-0.3, -0.25) is 0 Å². The van der Waals surface area contributed by atoms with E-state index in [1.807, 2.05) is 18.2 Å². The highest BCUT2D eigenvalue weighted by molar-refractivity contribution is 9.10. The maximum absolute atomic E-state index is 11.4. The van der Waals surface area contributed by atoms with E-state index in [1.165, 1.54) is 6.26 Å². The number of sulfone groups is 1. The van der Waals surface area contributed by atoms with Crippen LogP contribution in [0, 0.1) is 0 Å². The van der Waals surface area contributed by atoms with Crippen LogP contribution in [0.5, 0.6) is 5.75 Å². The molecule has 0 aromatic heterocycles. The number of hydrogen-bond donors (Lipinski definition) is 1. The largest absolute Gasteiger partial charge is 0.496 e. The monoisotopic (exact) mass is 369 g/mol. The lowest BCUT2D eigenvalue weighted by molar-refractivity contribution is 0.412. The summed E-state index contributed by atoms with van der Waals surface area (Å²) < 4.78 is 28.9. The molecule has 0 aliphatic carbocycles. The third kappa shape index (κ3) is 3.64. The molecular weight excluding hydrogens is 354 g/mol. The van der Waals surface area contributed by atoms with Gasteiger partial charge in [-0.15, -0.1) is 0 Å². The van der Waals surface area contributed by atoms with E-state index in [1.54, 1.807) is 31.4 Å². The summed E-state index contributed by atoms with van der Waals surface area (Å²) in [5.74, 6) is 0.735. The summed E-state index contributed by atoms with van der Waals surface area (Å²) in [6.45, 7) is 0. The van der Waals surface area contributed by atoms with Crippen molar-refractivity contribution in [3.05, 3.63) is 58.1 Å². The van der Waals surface area contributed by atoms with E-state index in [9.17, 15) is 8.42 Å². The zero-order chi connectivity index (χ0) is 15.6. The van der Waals surface area contributed by atoms with Gasteiger partial charge in [0.1, 0.15) is 5.75 Å². The van der Waals surface area contributed by atoms with E-state index in [0.29, 0.717) is 0 Å². The summed E-state index contributed by atoms with van der Waals surface area (Å²) in [5, 5.41) is 0. The van der Waals surface area contributed by atoms with Gasteiger partial charge in [-0.2, -0.15) is 0 Å². The highest BCUT2D eigenvalue weighted by Gasteiger charge is 2.13. The molecule has 1 atom stereocenters. The Morgan fingerprint density at radius 3 is 2.14 bits per heavy atom. The lowest BCUT2D eigenvalue weighted by atomic mass is 10.00. The van der Waals surface area contributed by atoms with Crippen LogP contribution in [0.25, 0.3) is 0 Å². The molecule has 4 nitrogen and oxygen atoms in total. The molecule has 0 radical (unpaired) electrons. The third-order valence-corrected chi connectivity index (χ3v) is 4.95. The van der Waals surface area contributed by atoms with Crippen molar-refractivity contribution in [1.29, 1.82) is 0 Å². The summed E-state index contributed by atoms with van der Waals surface area (Å²) in [4.78, 5) is 0.286. The van der Waals surface area contributed by atoms with Crippen molar-refractivity contribution >= 4 is 25.8 Å². The molecule has 0 heterocycles. The quantitative estimate of drug-likeness (QED) is 0.899. The van der Waals surface area contributed by atoms with Crippen LogP contribution >= 0.6 is 15.9 Å². The molecule has 21 heavy (non-hydrogen) atoms. The summed E-state index contributed by atoms with van der Waals surface area (Å²) in [6, 6.07) is 11.9. The fourth-order valence-electron chi connectivity index (χ4n) is 1.99. The average molecular weight is 370 g/mol. The lowest BCUT2D eigenvalue weighted by Crippen LogP contribution is -2.12. The van der Waals surface area contributed by atoms with Gasteiger partial charge >= 0.3 is 0 Å². The Kier molecular flexibility index (Phi) is 4.70. The van der Waals surface area contributed by atoms with Gasteiger partial charge in [0.2, 0.25) is 0 Å². The summed E-state index contributed by atoms with van der Waals surface area (Å²) in [7, 11) is -1.59. The molecule has 2 rings (SSSR count). The fourth-order valence-corrected chi connectivity index (χ4v) is 3.18. The predicted octanol–water partition coefficient (Wildman–Crippen LogP) is 2.91. The zero-order valence-electron chi connectivity index (χ0n) is 11.7. The van der Waals surface area contributed by atoms with Crippen molar-refractivity contribution in [1.82, 2.24) is 0 Å². The van der Waals surface area contributed by atoms with Crippen LogP contribution in [0.1, 0.15) is 17.2 Å². The lowest BCUT2D eigenvalue weighted by Gasteiger charge is -2.14. The van der Waals surface area contributed by atoms with Crippen LogP contribution in [0.4, 0.5) is 0 Å². The zero-order valence-corrected chi connectivity index (χ0v) is 14.1. The SMILES string of the molecule is COc1ccc(C(N)c2ccc(S(C)(=O)=O)cc2)cc1Br. The number of benzene rings is 2. The first kappa shape index (κ1) is 16.0. The molecule has 2 N–H and O–H groups in total. The molecule has 2 aromatic rings. The molecule has 6 heteroatoms. The molecule has 0 spiro atoms. The molecular formula is C15H16BrNO3S. The summed E-state index contributed by atoms with van der Waals surface area (Å²) in [5.41, 5.74) is 7.98. The number of nitrogens with two attached hydrogens (primary N) is 1. The molecule has 0 aliphatic rings. The van der Waals surface area contributed by atoms with Gasteiger partial charge < -0.3 is 10.5 Å². The van der Waals surface area contributed by atoms with Gasteiger partial charge in [0.15, 0.2) is 9.84 Å². The second-order valence-corrected chi connectivity index (χ2v) is 7.58. The van der Waals surface area contributed by atoms with Crippen molar-refractivity contribution in [3.8, 4) is 5.75 Å². The Morgan fingerprint density at radius 1 is 1.10 bits per heavy atom. The molecule has 1 unspecified atom stereocenters. The van der Waals surface area contributed by atoms with Crippen LogP contribution < -0.4 is 10.5 Å². The number of ether oxygens (including phenoxy) is 1. The van der Waals surface area contributed by atoms with Crippen molar-refractivity contribution in [2.75, 3.05) is 13.4 Å². The highest BCUT2D eigenvalue weighted by Crippen LogP contribution is 2.29. The number of halogens is 1. The first-order valence-electron chi connectivity index (χ1n) is 6.22. The van der Waals surface area contributed by atoms with Gasteiger partial charge in [-0.1, -0.05) is 18.2 Å². The standard InChI is InChI=1S/C15H16BrNO3S/c1-20-14-8-5-11(9-13(14)16)15(17)10-3-6-12(7-4-10)21(2,18)19/h3-9,15H,17H2,1-2H3. The maximum Gasteiger partial charge on any atom is 0.175 e. The number of hydrogen-bond acceptors (Lipinski definition) is 4. The molecule has 2 aromatic carbocycles. The Balaban J connectivity index is 2.31. The van der Waals surface area contributed by atoms with Crippen molar-refractivity contribution in [2.24, 2.45) is 5.73 Å². The summed E-state index contributed by atoms with van der Waals surface area (Å²) >= 11 is 3.43. The van der Waals surface area contributed by atoms with Gasteiger partial charge in [0, 0.05) is 6.26 Å². The van der Waals surface area contributed by atoms with E-state index in [-0.39, 0.29) is 10.9 Å². The van der Waals surface area contributed by atoms with Crippen molar-refractivity contribution < 1.29 is 13.2 Å². The van der Waals surface area contributed by atoms with Crippen LogP contribution in [-0.4, -0.2) is 21.8 Å². The van der Waals surface area contributed by atoms with Gasteiger partial charge in [-0.05, 0) is 51.3 Å². The van der Waals surface area contributed by atoms with E-state index in [4.69, 9.17) is 10.5 Å². The number of rotatable bonds is 4. The Labute approximate surface area is 133 Å². The van der Waals surface area contributed by atoms with Crippen molar-refractivity contribution in [2.45, 2.75) is 10.9 Å².